The van der Waals surface area contributed by atoms with Gasteiger partial charge in [0, 0.05) is 26.3 Å². The summed E-state index contributed by atoms with van der Waals surface area (Å²) in [4.78, 5) is 59.3. The molecule has 0 aromatic heterocycles. The van der Waals surface area contributed by atoms with Crippen LogP contribution in [-0.4, -0.2) is 49.4 Å². The minimum atomic E-state index is -1.34. The number of rotatable bonds is 9. The molecule has 186 valence electrons. The minimum absolute atomic E-state index is 0.0599. The first-order valence-electron chi connectivity index (χ1n) is 9.38. The Balaban J connectivity index is 2.96. The maximum Gasteiger partial charge on any atom is 0.511 e. The molecule has 11 nitrogen and oxygen atoms in total. The number of nitrogens with one attached hydrogen (secondary N) is 2. The molecule has 14 heteroatoms. The first kappa shape index (κ1) is 30.3. The van der Waals surface area contributed by atoms with Gasteiger partial charge in [0.05, 0.1) is 27.6 Å². The van der Waals surface area contributed by atoms with Gasteiger partial charge in [0.25, 0.3) is 0 Å². The molecular weight excluding hydrogens is 793 g/mol. The summed E-state index contributed by atoms with van der Waals surface area (Å²) in [6, 6.07) is 0. The first-order chi connectivity index (χ1) is 15.8. The lowest BCUT2D eigenvalue weighted by molar-refractivity contribution is -0.140. The Bertz CT molecular complexity index is 984. The molecule has 34 heavy (non-hydrogen) atoms. The van der Waals surface area contributed by atoms with Crippen molar-refractivity contribution >= 4 is 109 Å². The summed E-state index contributed by atoms with van der Waals surface area (Å²) in [6.07, 6.45) is -2.48. The number of carbonyl (C=O) groups is 5. The Labute approximate surface area is 236 Å². The standard InChI is InChI=1S/C20H21I3N2O9/c1-8(2)18(28)31-6-7-32-20(30)34-11(5)33-19(29)12-13(21)16(24-9(3)26)15(23)17(14(12)22)25-10(4)27/h11H,1,6-7H2,2-5H3,(H,24,26)(H,25,27). The van der Waals surface area contributed by atoms with Gasteiger partial charge >= 0.3 is 18.1 Å². The van der Waals surface area contributed by atoms with Crippen LogP contribution in [0.2, 0.25) is 0 Å². The van der Waals surface area contributed by atoms with Crippen LogP contribution in [0.3, 0.4) is 0 Å². The third-order valence-electron chi connectivity index (χ3n) is 3.54. The highest BCUT2D eigenvalue weighted by molar-refractivity contribution is 14.1. The van der Waals surface area contributed by atoms with Crippen molar-refractivity contribution in [1.29, 1.82) is 0 Å². The summed E-state index contributed by atoms with van der Waals surface area (Å²) in [5, 5.41) is 5.29. The van der Waals surface area contributed by atoms with Crippen molar-refractivity contribution in [2.24, 2.45) is 0 Å². The Morgan fingerprint density at radius 3 is 1.74 bits per heavy atom. The van der Waals surface area contributed by atoms with Crippen molar-refractivity contribution < 1.29 is 42.9 Å². The normalized spacial score (nSPS) is 11.0. The predicted octanol–water partition coefficient (Wildman–Crippen LogP) is 4.19. The summed E-state index contributed by atoms with van der Waals surface area (Å²) < 4.78 is 20.9. The average molecular weight is 814 g/mol. The van der Waals surface area contributed by atoms with Crippen LogP contribution >= 0.6 is 67.8 Å². The largest absolute Gasteiger partial charge is 0.511 e. The van der Waals surface area contributed by atoms with Crippen molar-refractivity contribution in [1.82, 2.24) is 0 Å². The van der Waals surface area contributed by atoms with Gasteiger partial charge in [0.15, 0.2) is 0 Å². The highest BCUT2D eigenvalue weighted by atomic mass is 127. The Morgan fingerprint density at radius 1 is 0.824 bits per heavy atom. The molecule has 0 spiro atoms. The van der Waals surface area contributed by atoms with Crippen LogP contribution in [-0.2, 0) is 33.3 Å². The number of ether oxygens (including phenoxy) is 4. The second-order valence-electron chi connectivity index (χ2n) is 6.53. The zero-order chi connectivity index (χ0) is 26.2. The van der Waals surface area contributed by atoms with Gasteiger partial charge in [0.2, 0.25) is 18.1 Å². The van der Waals surface area contributed by atoms with Crippen LogP contribution in [0, 0.1) is 10.7 Å². The predicted molar refractivity (Wildman–Crippen MR) is 146 cm³/mol. The van der Waals surface area contributed by atoms with E-state index in [1.807, 2.05) is 67.8 Å². The fourth-order valence-electron chi connectivity index (χ4n) is 2.20. The molecule has 0 radical (unpaired) electrons. The fourth-order valence-corrected chi connectivity index (χ4v) is 6.35. The molecule has 0 aliphatic rings. The maximum absolute atomic E-state index is 12.9. The van der Waals surface area contributed by atoms with E-state index in [0.29, 0.717) is 22.1 Å². The maximum atomic E-state index is 12.9. The summed E-state index contributed by atoms with van der Waals surface area (Å²) in [5.74, 6) is -2.24. The van der Waals surface area contributed by atoms with E-state index < -0.39 is 24.4 Å². The molecule has 0 fully saturated rings. The smallest absolute Gasteiger partial charge is 0.459 e. The average Bonchev–Trinajstić information content (AvgIpc) is 2.71. The monoisotopic (exact) mass is 814 g/mol. The molecule has 1 rings (SSSR count). The molecule has 2 N–H and O–H groups in total. The van der Waals surface area contributed by atoms with Gasteiger partial charge in [-0.1, -0.05) is 6.58 Å². The highest BCUT2D eigenvalue weighted by Crippen LogP contribution is 2.39. The number of halogens is 3. The molecule has 0 aliphatic carbocycles. The van der Waals surface area contributed by atoms with Gasteiger partial charge in [-0.05, 0) is 74.7 Å². The van der Waals surface area contributed by atoms with E-state index in [1.54, 1.807) is 0 Å². The minimum Gasteiger partial charge on any atom is -0.459 e. The van der Waals surface area contributed by atoms with Gasteiger partial charge < -0.3 is 29.6 Å². The quantitative estimate of drug-likeness (QED) is 0.0937. The summed E-state index contributed by atoms with van der Waals surface area (Å²) in [5.41, 5.74) is 0.903. The third kappa shape index (κ3) is 9.16. The Hall–Kier alpha value is -1.70. The number of amides is 2. The molecule has 1 aromatic rings. The van der Waals surface area contributed by atoms with E-state index >= 15 is 0 Å². The van der Waals surface area contributed by atoms with Crippen LogP contribution < -0.4 is 10.6 Å². The Kier molecular flexibility index (Phi) is 12.5. The van der Waals surface area contributed by atoms with Crippen LogP contribution in [0.1, 0.15) is 38.1 Å². The lowest BCUT2D eigenvalue weighted by Gasteiger charge is -2.20. The molecule has 2 amide bonds. The van der Waals surface area contributed by atoms with Crippen molar-refractivity contribution in [2.75, 3.05) is 23.8 Å². The molecular formula is C20H21I3N2O9. The van der Waals surface area contributed by atoms with Crippen LogP contribution in [0.15, 0.2) is 12.2 Å². The van der Waals surface area contributed by atoms with Crippen molar-refractivity contribution in [3.8, 4) is 0 Å². The van der Waals surface area contributed by atoms with E-state index in [9.17, 15) is 24.0 Å². The summed E-state index contributed by atoms with van der Waals surface area (Å²) >= 11 is 5.71. The molecule has 0 saturated heterocycles. The topological polar surface area (TPSA) is 146 Å². The zero-order valence-electron chi connectivity index (χ0n) is 18.5. The SMILES string of the molecule is C=C(C)C(=O)OCCOC(=O)OC(C)OC(=O)c1c(I)c(NC(C)=O)c(I)c(NC(C)=O)c1I. The number of esters is 2. The number of hydrogen-bond acceptors (Lipinski definition) is 9. The number of benzene rings is 1. The van der Waals surface area contributed by atoms with E-state index in [4.69, 9.17) is 18.9 Å². The van der Waals surface area contributed by atoms with Gasteiger partial charge in [-0.2, -0.15) is 0 Å². The third-order valence-corrected chi connectivity index (χ3v) is 6.78. The summed E-state index contributed by atoms with van der Waals surface area (Å²) in [6.45, 7) is 8.33. The van der Waals surface area contributed by atoms with E-state index in [2.05, 4.69) is 17.2 Å². The van der Waals surface area contributed by atoms with E-state index in [1.165, 1.54) is 27.7 Å². The molecule has 1 atom stereocenters. The lowest BCUT2D eigenvalue weighted by Crippen LogP contribution is -2.25. The number of carbonyl (C=O) groups excluding carboxylic acids is 5. The number of hydrogen-bond donors (Lipinski definition) is 2. The Morgan fingerprint density at radius 2 is 1.29 bits per heavy atom. The van der Waals surface area contributed by atoms with Gasteiger partial charge in [-0.3, -0.25) is 9.59 Å². The van der Waals surface area contributed by atoms with E-state index in [0.717, 1.165) is 0 Å². The molecule has 0 bridgehead atoms. The van der Waals surface area contributed by atoms with Crippen LogP contribution in [0.5, 0.6) is 0 Å². The van der Waals surface area contributed by atoms with Gasteiger partial charge in [-0.25, -0.2) is 14.4 Å². The van der Waals surface area contributed by atoms with Crippen molar-refractivity contribution in [3.63, 3.8) is 0 Å². The van der Waals surface area contributed by atoms with E-state index in [-0.39, 0.29) is 36.2 Å². The second-order valence-corrected chi connectivity index (χ2v) is 9.77. The van der Waals surface area contributed by atoms with Crippen molar-refractivity contribution in [2.45, 2.75) is 34.0 Å². The van der Waals surface area contributed by atoms with Crippen molar-refractivity contribution in [3.05, 3.63) is 28.4 Å². The highest BCUT2D eigenvalue weighted by Gasteiger charge is 2.28. The molecule has 0 aliphatic heterocycles. The zero-order valence-corrected chi connectivity index (χ0v) is 25.0. The lowest BCUT2D eigenvalue weighted by atomic mass is 10.1. The summed E-state index contributed by atoms with van der Waals surface area (Å²) in [7, 11) is 0. The first-order valence-corrected chi connectivity index (χ1v) is 12.6. The van der Waals surface area contributed by atoms with Gasteiger partial charge in [0.1, 0.15) is 13.2 Å². The molecule has 1 unspecified atom stereocenters. The molecule has 0 saturated carbocycles. The van der Waals surface area contributed by atoms with Gasteiger partial charge in [-0.15, -0.1) is 0 Å². The molecule has 0 heterocycles. The second kappa shape index (κ2) is 14.0. The van der Waals surface area contributed by atoms with Crippen LogP contribution in [0.4, 0.5) is 16.2 Å². The molecule has 1 aromatic carbocycles. The number of anilines is 2. The fraction of sp³-hybridized carbons (Fsp3) is 0.350. The van der Waals surface area contributed by atoms with Crippen LogP contribution in [0.25, 0.3) is 0 Å².